The largest absolute Gasteiger partial charge is 0.400 e. The van der Waals surface area contributed by atoms with Crippen molar-refractivity contribution in [2.75, 3.05) is 7.11 Å². The zero-order chi connectivity index (χ0) is 14.4. The van der Waals surface area contributed by atoms with Gasteiger partial charge in [0.05, 0.1) is 0 Å². The number of hydrogen-bond donors (Lipinski definition) is 1. The molecule has 0 atom stereocenters. The van der Waals surface area contributed by atoms with Crippen LogP contribution in [0.3, 0.4) is 0 Å². The fourth-order valence-corrected chi connectivity index (χ4v) is 2.12. The number of carbonyl (C=O) groups is 1. The van der Waals surface area contributed by atoms with Gasteiger partial charge in [0.2, 0.25) is 0 Å². The molecular weight excluding hydrogens is 248 g/mol. The molecular formula is C18H16O2. The zero-order valence-corrected chi connectivity index (χ0v) is 11.3. The Bertz CT molecular complexity index is 700. The Balaban J connectivity index is 0.000000704. The van der Waals surface area contributed by atoms with Gasteiger partial charge in [-0.2, -0.15) is 0 Å². The van der Waals surface area contributed by atoms with Crippen LogP contribution in [-0.2, 0) is 0 Å². The molecule has 0 radical (unpaired) electrons. The average Bonchev–Trinajstić information content (AvgIpc) is 2.56. The van der Waals surface area contributed by atoms with Crippen LogP contribution in [0, 0.1) is 0 Å². The maximum atomic E-state index is 10.6. The minimum absolute atomic E-state index is 0.708. The van der Waals surface area contributed by atoms with Gasteiger partial charge in [-0.3, -0.25) is 4.79 Å². The monoisotopic (exact) mass is 264 g/mol. The predicted molar refractivity (Wildman–Crippen MR) is 82.9 cm³/mol. The summed E-state index contributed by atoms with van der Waals surface area (Å²) in [6.45, 7) is 0. The molecule has 0 amide bonds. The number of benzene rings is 3. The van der Waals surface area contributed by atoms with Crippen molar-refractivity contribution in [1.29, 1.82) is 0 Å². The van der Waals surface area contributed by atoms with Gasteiger partial charge in [0, 0.05) is 12.7 Å². The molecule has 3 aromatic carbocycles. The normalized spacial score (nSPS) is 9.70. The Kier molecular flexibility index (Phi) is 4.64. The van der Waals surface area contributed by atoms with E-state index in [1.54, 1.807) is 0 Å². The van der Waals surface area contributed by atoms with Crippen molar-refractivity contribution in [3.05, 3.63) is 72.3 Å². The molecule has 0 unspecified atom stereocenters. The molecule has 2 nitrogen and oxygen atoms in total. The molecule has 0 aliphatic heterocycles. The lowest BCUT2D eigenvalue weighted by molar-refractivity contribution is 0.112. The third kappa shape index (κ3) is 2.92. The van der Waals surface area contributed by atoms with Crippen LogP contribution >= 0.6 is 0 Å². The molecule has 3 rings (SSSR count). The summed E-state index contributed by atoms with van der Waals surface area (Å²) in [6.07, 6.45) is 0.865. The topological polar surface area (TPSA) is 37.3 Å². The van der Waals surface area contributed by atoms with E-state index >= 15 is 0 Å². The summed E-state index contributed by atoms with van der Waals surface area (Å²) in [6, 6.07) is 22.4. The van der Waals surface area contributed by atoms with E-state index in [2.05, 4.69) is 30.3 Å². The van der Waals surface area contributed by atoms with Crippen LogP contribution in [0.2, 0.25) is 0 Å². The average molecular weight is 264 g/mol. The van der Waals surface area contributed by atoms with E-state index in [9.17, 15) is 4.79 Å². The number of rotatable bonds is 2. The van der Waals surface area contributed by atoms with E-state index in [4.69, 9.17) is 5.11 Å². The van der Waals surface area contributed by atoms with Gasteiger partial charge < -0.3 is 5.11 Å². The van der Waals surface area contributed by atoms with Crippen molar-refractivity contribution in [2.45, 2.75) is 0 Å². The van der Waals surface area contributed by atoms with Crippen LogP contribution in [0.1, 0.15) is 10.4 Å². The van der Waals surface area contributed by atoms with E-state index < -0.39 is 0 Å². The van der Waals surface area contributed by atoms with Gasteiger partial charge in [0.25, 0.3) is 0 Å². The number of aliphatic hydroxyl groups is 1. The third-order valence-electron chi connectivity index (χ3n) is 3.13. The molecule has 3 aromatic rings. The highest BCUT2D eigenvalue weighted by atomic mass is 16.2. The molecule has 0 spiro atoms. The zero-order valence-electron chi connectivity index (χ0n) is 11.3. The van der Waals surface area contributed by atoms with E-state index in [1.807, 2.05) is 36.4 Å². The van der Waals surface area contributed by atoms with Gasteiger partial charge in [-0.25, -0.2) is 0 Å². The number of aldehydes is 1. The van der Waals surface area contributed by atoms with Crippen LogP contribution in [0.5, 0.6) is 0 Å². The SMILES string of the molecule is CO.O=Cc1ccc(-c2ccc3ccccc3c2)cc1. The van der Waals surface area contributed by atoms with Crippen LogP contribution in [0.15, 0.2) is 66.7 Å². The Labute approximate surface area is 118 Å². The minimum atomic E-state index is 0.708. The maximum Gasteiger partial charge on any atom is 0.150 e. The Hall–Kier alpha value is -2.45. The quantitative estimate of drug-likeness (QED) is 0.712. The highest BCUT2D eigenvalue weighted by Gasteiger charge is 1.99. The van der Waals surface area contributed by atoms with Crippen molar-refractivity contribution < 1.29 is 9.90 Å². The molecule has 0 aliphatic rings. The summed E-state index contributed by atoms with van der Waals surface area (Å²) in [5.41, 5.74) is 3.01. The number of hydrogen-bond acceptors (Lipinski definition) is 2. The molecule has 0 heterocycles. The molecule has 20 heavy (non-hydrogen) atoms. The second kappa shape index (κ2) is 6.64. The smallest absolute Gasteiger partial charge is 0.150 e. The summed E-state index contributed by atoms with van der Waals surface area (Å²) in [5.74, 6) is 0. The van der Waals surface area contributed by atoms with Gasteiger partial charge >= 0.3 is 0 Å². The lowest BCUT2D eigenvalue weighted by Crippen LogP contribution is -1.81. The first-order chi connectivity index (χ1) is 9.86. The van der Waals surface area contributed by atoms with E-state index in [0.717, 1.165) is 19.0 Å². The summed E-state index contributed by atoms with van der Waals surface area (Å²) >= 11 is 0. The predicted octanol–water partition coefficient (Wildman–Crippen LogP) is 3.93. The van der Waals surface area contributed by atoms with Gasteiger partial charge in [0.1, 0.15) is 6.29 Å². The first-order valence-corrected chi connectivity index (χ1v) is 6.36. The van der Waals surface area contributed by atoms with Crippen LogP contribution in [-0.4, -0.2) is 18.5 Å². The van der Waals surface area contributed by atoms with Crippen molar-refractivity contribution >= 4 is 17.1 Å². The lowest BCUT2D eigenvalue weighted by Gasteiger charge is -2.04. The molecule has 0 bridgehead atoms. The first-order valence-electron chi connectivity index (χ1n) is 6.36. The standard InChI is InChI=1S/C17H12O.CH4O/c18-12-13-5-7-15(8-6-13)17-10-9-14-3-1-2-4-16(14)11-17;1-2/h1-12H;2H,1H3. The maximum absolute atomic E-state index is 10.6. The first kappa shape index (κ1) is 14.0. The number of carbonyl (C=O) groups excluding carboxylic acids is 1. The summed E-state index contributed by atoms with van der Waals surface area (Å²) in [5, 5.41) is 9.47. The Morgan fingerprint density at radius 3 is 2.00 bits per heavy atom. The van der Waals surface area contributed by atoms with Crippen LogP contribution in [0.4, 0.5) is 0 Å². The second-order valence-electron chi connectivity index (χ2n) is 4.30. The molecule has 0 saturated heterocycles. The minimum Gasteiger partial charge on any atom is -0.400 e. The van der Waals surface area contributed by atoms with Gasteiger partial charge in [-0.05, 0) is 28.0 Å². The summed E-state index contributed by atoms with van der Waals surface area (Å²) < 4.78 is 0. The molecule has 0 aliphatic carbocycles. The van der Waals surface area contributed by atoms with Crippen molar-refractivity contribution in [1.82, 2.24) is 0 Å². The van der Waals surface area contributed by atoms with Gasteiger partial charge in [-0.15, -0.1) is 0 Å². The molecule has 100 valence electrons. The number of fused-ring (bicyclic) bond motifs is 1. The third-order valence-corrected chi connectivity index (χ3v) is 3.13. The Morgan fingerprint density at radius 1 is 0.750 bits per heavy atom. The summed E-state index contributed by atoms with van der Waals surface area (Å²) in [4.78, 5) is 10.6. The molecule has 2 heteroatoms. The molecule has 0 aromatic heterocycles. The highest BCUT2D eigenvalue weighted by molar-refractivity contribution is 5.87. The van der Waals surface area contributed by atoms with Crippen molar-refractivity contribution in [3.63, 3.8) is 0 Å². The van der Waals surface area contributed by atoms with E-state index in [0.29, 0.717) is 5.56 Å². The van der Waals surface area contributed by atoms with Gasteiger partial charge in [-0.1, -0.05) is 60.7 Å². The molecule has 0 saturated carbocycles. The Morgan fingerprint density at radius 2 is 1.35 bits per heavy atom. The van der Waals surface area contributed by atoms with E-state index in [-0.39, 0.29) is 0 Å². The molecule has 0 fully saturated rings. The van der Waals surface area contributed by atoms with Crippen LogP contribution < -0.4 is 0 Å². The molecule has 1 N–H and O–H groups in total. The fourth-order valence-electron chi connectivity index (χ4n) is 2.12. The van der Waals surface area contributed by atoms with Crippen LogP contribution in [0.25, 0.3) is 21.9 Å². The lowest BCUT2D eigenvalue weighted by atomic mass is 10.0. The fraction of sp³-hybridized carbons (Fsp3) is 0.0556. The number of aliphatic hydroxyl groups excluding tert-OH is 1. The highest BCUT2D eigenvalue weighted by Crippen LogP contribution is 2.24. The van der Waals surface area contributed by atoms with Crippen molar-refractivity contribution in [3.8, 4) is 11.1 Å². The van der Waals surface area contributed by atoms with Crippen molar-refractivity contribution in [2.24, 2.45) is 0 Å². The van der Waals surface area contributed by atoms with Gasteiger partial charge in [0.15, 0.2) is 0 Å². The second-order valence-corrected chi connectivity index (χ2v) is 4.30. The summed E-state index contributed by atoms with van der Waals surface area (Å²) in [7, 11) is 1.00. The van der Waals surface area contributed by atoms with E-state index in [1.165, 1.54) is 16.3 Å².